The van der Waals surface area contributed by atoms with E-state index in [0.29, 0.717) is 50.1 Å². The fraction of sp³-hybridized carbons (Fsp3) is 0.609. The molecular formula is C23H31N5O4. The second-order valence-corrected chi connectivity index (χ2v) is 9.65. The van der Waals surface area contributed by atoms with Crippen LogP contribution in [-0.4, -0.2) is 68.1 Å². The zero-order valence-corrected chi connectivity index (χ0v) is 19.0. The highest BCUT2D eigenvalue weighted by atomic mass is 16.6. The summed E-state index contributed by atoms with van der Waals surface area (Å²) in [6, 6.07) is 3.49. The predicted molar refractivity (Wildman–Crippen MR) is 119 cm³/mol. The number of hydrogen-bond donors (Lipinski definition) is 0. The highest BCUT2D eigenvalue weighted by Crippen LogP contribution is 2.26. The molecule has 0 N–H and O–H groups in total. The minimum absolute atomic E-state index is 0.00766. The first kappa shape index (κ1) is 22.2. The van der Waals surface area contributed by atoms with Crippen molar-refractivity contribution >= 4 is 23.0 Å². The third kappa shape index (κ3) is 4.76. The van der Waals surface area contributed by atoms with Crippen LogP contribution in [0.3, 0.4) is 0 Å². The lowest BCUT2D eigenvalue weighted by molar-refractivity contribution is -0.138. The maximum absolute atomic E-state index is 13.1. The highest BCUT2D eigenvalue weighted by Gasteiger charge is 2.34. The second-order valence-electron chi connectivity index (χ2n) is 9.65. The lowest BCUT2D eigenvalue weighted by Gasteiger charge is -2.38. The average molecular weight is 442 g/mol. The fourth-order valence-electron chi connectivity index (χ4n) is 4.53. The van der Waals surface area contributed by atoms with Gasteiger partial charge in [0, 0.05) is 38.4 Å². The molecule has 4 heterocycles. The van der Waals surface area contributed by atoms with E-state index in [1.54, 1.807) is 34.1 Å². The number of hydrogen-bond acceptors (Lipinski definition) is 6. The Balaban J connectivity index is 1.37. The Bertz CT molecular complexity index is 1050. The summed E-state index contributed by atoms with van der Waals surface area (Å²) in [6.07, 6.45) is 5.80. The summed E-state index contributed by atoms with van der Waals surface area (Å²) in [7, 11) is 0. The van der Waals surface area contributed by atoms with Crippen LogP contribution in [0.4, 0.5) is 4.79 Å². The van der Waals surface area contributed by atoms with E-state index in [-0.39, 0.29) is 29.5 Å². The monoisotopic (exact) mass is 441 g/mol. The average Bonchev–Trinajstić information content (AvgIpc) is 2.78. The molecule has 0 aromatic carbocycles. The van der Waals surface area contributed by atoms with Crippen LogP contribution in [0.25, 0.3) is 11.0 Å². The SMILES string of the molecule is CC(C)(C)OC(=O)N1CCC[C@H](C(=O)N2CCC(n3cnc4ncccc4c3=O)CC2)C1. The molecular weight excluding hydrogens is 410 g/mol. The second kappa shape index (κ2) is 8.88. The Labute approximate surface area is 187 Å². The molecule has 0 unspecified atom stereocenters. The third-order valence-corrected chi connectivity index (χ3v) is 6.15. The van der Waals surface area contributed by atoms with Crippen molar-refractivity contribution in [1.29, 1.82) is 0 Å². The molecule has 2 aliphatic rings. The Kier molecular flexibility index (Phi) is 6.17. The predicted octanol–water partition coefficient (Wildman–Crippen LogP) is 2.60. The fourth-order valence-corrected chi connectivity index (χ4v) is 4.53. The van der Waals surface area contributed by atoms with E-state index in [0.717, 1.165) is 12.8 Å². The van der Waals surface area contributed by atoms with Crippen molar-refractivity contribution in [3.8, 4) is 0 Å². The first-order valence-electron chi connectivity index (χ1n) is 11.3. The summed E-state index contributed by atoms with van der Waals surface area (Å²) in [6.45, 7) is 7.72. The molecule has 0 aliphatic carbocycles. The van der Waals surface area contributed by atoms with Gasteiger partial charge in [0.05, 0.1) is 11.3 Å². The standard InChI is InChI=1S/C23H31N5O4/c1-23(2,3)32-22(31)27-11-5-6-16(14-27)20(29)26-12-8-17(9-13-26)28-15-25-19-18(21(28)30)7-4-10-24-19/h4,7,10,15-17H,5-6,8-9,11-14H2,1-3H3/t16-/m0/s1. The van der Waals surface area contributed by atoms with Crippen LogP contribution in [-0.2, 0) is 9.53 Å². The molecule has 32 heavy (non-hydrogen) atoms. The molecule has 0 radical (unpaired) electrons. The molecule has 2 aromatic heterocycles. The van der Waals surface area contributed by atoms with Gasteiger partial charge in [0.15, 0.2) is 5.65 Å². The number of carbonyl (C=O) groups excluding carboxylic acids is 2. The number of piperidine rings is 2. The molecule has 0 spiro atoms. The molecule has 1 atom stereocenters. The zero-order chi connectivity index (χ0) is 22.9. The van der Waals surface area contributed by atoms with Crippen LogP contribution in [0.5, 0.6) is 0 Å². The molecule has 2 amide bonds. The minimum Gasteiger partial charge on any atom is -0.444 e. The number of carbonyl (C=O) groups is 2. The van der Waals surface area contributed by atoms with Gasteiger partial charge in [-0.3, -0.25) is 14.2 Å². The van der Waals surface area contributed by atoms with Gasteiger partial charge in [0.25, 0.3) is 5.56 Å². The molecule has 2 aliphatic heterocycles. The number of pyridine rings is 1. The first-order chi connectivity index (χ1) is 15.2. The van der Waals surface area contributed by atoms with Crippen LogP contribution in [0, 0.1) is 5.92 Å². The van der Waals surface area contributed by atoms with Crippen molar-refractivity contribution < 1.29 is 14.3 Å². The number of ether oxygens (including phenoxy) is 1. The van der Waals surface area contributed by atoms with Gasteiger partial charge in [0.1, 0.15) is 11.9 Å². The molecule has 172 valence electrons. The third-order valence-electron chi connectivity index (χ3n) is 6.15. The van der Waals surface area contributed by atoms with Gasteiger partial charge < -0.3 is 14.5 Å². The quantitative estimate of drug-likeness (QED) is 0.711. The van der Waals surface area contributed by atoms with Gasteiger partial charge in [-0.2, -0.15) is 0 Å². The van der Waals surface area contributed by atoms with Crippen molar-refractivity contribution in [2.24, 2.45) is 5.92 Å². The summed E-state index contributed by atoms with van der Waals surface area (Å²) < 4.78 is 7.15. The molecule has 2 saturated heterocycles. The minimum atomic E-state index is -0.554. The van der Waals surface area contributed by atoms with Crippen LogP contribution in [0.15, 0.2) is 29.5 Å². The van der Waals surface area contributed by atoms with E-state index in [2.05, 4.69) is 9.97 Å². The lowest BCUT2D eigenvalue weighted by Crippen LogP contribution is -2.49. The highest BCUT2D eigenvalue weighted by molar-refractivity contribution is 5.80. The van der Waals surface area contributed by atoms with Crippen molar-refractivity contribution in [3.05, 3.63) is 35.0 Å². The molecule has 9 nitrogen and oxygen atoms in total. The van der Waals surface area contributed by atoms with Gasteiger partial charge in [-0.1, -0.05) is 0 Å². The van der Waals surface area contributed by atoms with Gasteiger partial charge >= 0.3 is 6.09 Å². The van der Waals surface area contributed by atoms with Crippen molar-refractivity contribution in [2.75, 3.05) is 26.2 Å². The Morgan fingerprint density at radius 2 is 1.81 bits per heavy atom. The van der Waals surface area contributed by atoms with Crippen LogP contribution < -0.4 is 5.56 Å². The molecule has 4 rings (SSSR count). The van der Waals surface area contributed by atoms with Crippen molar-refractivity contribution in [2.45, 2.75) is 58.1 Å². The van der Waals surface area contributed by atoms with Crippen molar-refractivity contribution in [3.63, 3.8) is 0 Å². The summed E-state index contributed by atoms with van der Waals surface area (Å²) in [5, 5.41) is 0.512. The van der Waals surface area contributed by atoms with E-state index in [1.807, 2.05) is 25.7 Å². The summed E-state index contributed by atoms with van der Waals surface area (Å²) in [5.74, 6) is -0.117. The number of likely N-dealkylation sites (tertiary alicyclic amines) is 2. The number of fused-ring (bicyclic) bond motifs is 1. The smallest absolute Gasteiger partial charge is 0.410 e. The summed E-state index contributed by atoms with van der Waals surface area (Å²) in [4.78, 5) is 50.4. The van der Waals surface area contributed by atoms with E-state index >= 15 is 0 Å². The molecule has 0 saturated carbocycles. The Hall–Kier alpha value is -2.97. The van der Waals surface area contributed by atoms with E-state index < -0.39 is 5.60 Å². The van der Waals surface area contributed by atoms with Crippen LogP contribution >= 0.6 is 0 Å². The Morgan fingerprint density at radius 1 is 1.06 bits per heavy atom. The number of nitrogens with zero attached hydrogens (tertiary/aromatic N) is 5. The largest absolute Gasteiger partial charge is 0.444 e. The maximum atomic E-state index is 13.1. The molecule has 0 bridgehead atoms. The lowest BCUT2D eigenvalue weighted by atomic mass is 9.95. The number of amides is 2. The van der Waals surface area contributed by atoms with E-state index in [4.69, 9.17) is 4.74 Å². The van der Waals surface area contributed by atoms with Crippen LogP contribution in [0.1, 0.15) is 52.5 Å². The molecule has 2 fully saturated rings. The normalized spacial score (nSPS) is 20.4. The van der Waals surface area contributed by atoms with Gasteiger partial charge in [-0.15, -0.1) is 0 Å². The molecule has 9 heteroatoms. The van der Waals surface area contributed by atoms with Gasteiger partial charge in [0.2, 0.25) is 5.91 Å². The number of rotatable bonds is 2. The summed E-state index contributed by atoms with van der Waals surface area (Å²) in [5.41, 5.74) is -0.192. The number of aromatic nitrogens is 3. The van der Waals surface area contributed by atoms with Gasteiger partial charge in [-0.25, -0.2) is 14.8 Å². The topological polar surface area (TPSA) is 97.6 Å². The zero-order valence-electron chi connectivity index (χ0n) is 19.0. The maximum Gasteiger partial charge on any atom is 0.410 e. The van der Waals surface area contributed by atoms with E-state index in [1.165, 1.54) is 0 Å². The van der Waals surface area contributed by atoms with Crippen LogP contribution in [0.2, 0.25) is 0 Å². The van der Waals surface area contributed by atoms with Crippen molar-refractivity contribution in [1.82, 2.24) is 24.3 Å². The first-order valence-corrected chi connectivity index (χ1v) is 11.3. The van der Waals surface area contributed by atoms with E-state index in [9.17, 15) is 14.4 Å². The summed E-state index contributed by atoms with van der Waals surface area (Å²) >= 11 is 0. The van der Waals surface area contributed by atoms with Gasteiger partial charge in [-0.05, 0) is 58.6 Å². The molecule has 2 aromatic rings. The Morgan fingerprint density at radius 3 is 2.53 bits per heavy atom.